The van der Waals surface area contributed by atoms with Crippen molar-refractivity contribution in [1.82, 2.24) is 0 Å². The molecular formula is C17H21NO. The summed E-state index contributed by atoms with van der Waals surface area (Å²) in [6, 6.07) is 16.5. The lowest BCUT2D eigenvalue weighted by Crippen LogP contribution is -2.18. The number of rotatable bonds is 4. The molecule has 0 saturated carbocycles. The maximum atomic E-state index is 9.92. The van der Waals surface area contributed by atoms with Crippen LogP contribution >= 0.6 is 0 Å². The Hall–Kier alpha value is -1.80. The van der Waals surface area contributed by atoms with Crippen LogP contribution in [-0.4, -0.2) is 11.7 Å². The van der Waals surface area contributed by atoms with Gasteiger partial charge in [-0.05, 0) is 44.5 Å². The van der Waals surface area contributed by atoms with E-state index in [2.05, 4.69) is 49.1 Å². The number of hydrogen-bond acceptors (Lipinski definition) is 2. The van der Waals surface area contributed by atoms with Crippen molar-refractivity contribution in [2.75, 3.05) is 11.4 Å². The number of benzene rings is 2. The highest BCUT2D eigenvalue weighted by Crippen LogP contribution is 2.31. The second-order valence-corrected chi connectivity index (χ2v) is 4.82. The lowest BCUT2D eigenvalue weighted by atomic mass is 10.1. The zero-order chi connectivity index (χ0) is 13.8. The number of aliphatic hydroxyl groups is 1. The average molecular weight is 255 g/mol. The number of hydrogen-bond donors (Lipinski definition) is 1. The van der Waals surface area contributed by atoms with Crippen LogP contribution in [0.1, 0.15) is 31.1 Å². The lowest BCUT2D eigenvalue weighted by Gasteiger charge is -2.27. The quantitative estimate of drug-likeness (QED) is 0.884. The summed E-state index contributed by atoms with van der Waals surface area (Å²) >= 11 is 0. The Morgan fingerprint density at radius 3 is 2.47 bits per heavy atom. The molecule has 0 radical (unpaired) electrons. The number of nitrogens with zero attached hydrogens (tertiary/aromatic N) is 1. The Morgan fingerprint density at radius 1 is 1.11 bits per heavy atom. The maximum Gasteiger partial charge on any atom is 0.0782 e. The molecule has 0 unspecified atom stereocenters. The van der Waals surface area contributed by atoms with Gasteiger partial charge in [0.05, 0.1) is 6.10 Å². The molecule has 2 aromatic rings. The van der Waals surface area contributed by atoms with Gasteiger partial charge in [-0.25, -0.2) is 0 Å². The first kappa shape index (κ1) is 13.6. The van der Waals surface area contributed by atoms with Crippen LogP contribution in [0.25, 0.3) is 0 Å². The molecule has 0 heterocycles. The number of aryl methyl sites for hydroxylation is 1. The van der Waals surface area contributed by atoms with Crippen LogP contribution in [0.4, 0.5) is 11.4 Å². The van der Waals surface area contributed by atoms with Crippen LogP contribution in [0.3, 0.4) is 0 Å². The molecule has 0 aliphatic rings. The molecule has 2 heteroatoms. The summed E-state index contributed by atoms with van der Waals surface area (Å²) in [5, 5.41) is 9.92. The van der Waals surface area contributed by atoms with E-state index in [0.29, 0.717) is 0 Å². The van der Waals surface area contributed by atoms with E-state index < -0.39 is 6.10 Å². The van der Waals surface area contributed by atoms with Gasteiger partial charge in [0.15, 0.2) is 0 Å². The fraction of sp³-hybridized carbons (Fsp3) is 0.294. The van der Waals surface area contributed by atoms with E-state index in [-0.39, 0.29) is 0 Å². The van der Waals surface area contributed by atoms with Crippen molar-refractivity contribution in [3.05, 3.63) is 59.7 Å². The van der Waals surface area contributed by atoms with E-state index >= 15 is 0 Å². The number of para-hydroxylation sites is 1. The largest absolute Gasteiger partial charge is 0.389 e. The molecule has 0 spiro atoms. The van der Waals surface area contributed by atoms with Gasteiger partial charge < -0.3 is 10.0 Å². The van der Waals surface area contributed by atoms with Gasteiger partial charge >= 0.3 is 0 Å². The minimum Gasteiger partial charge on any atom is -0.389 e. The molecule has 2 rings (SSSR count). The van der Waals surface area contributed by atoms with Gasteiger partial charge in [0, 0.05) is 23.5 Å². The first-order valence-corrected chi connectivity index (χ1v) is 6.74. The Morgan fingerprint density at radius 2 is 1.84 bits per heavy atom. The van der Waals surface area contributed by atoms with E-state index in [1.807, 2.05) is 25.1 Å². The van der Waals surface area contributed by atoms with E-state index in [1.165, 1.54) is 5.56 Å². The summed E-state index contributed by atoms with van der Waals surface area (Å²) in [4.78, 5) is 2.23. The van der Waals surface area contributed by atoms with Gasteiger partial charge in [-0.1, -0.05) is 30.3 Å². The van der Waals surface area contributed by atoms with Crippen LogP contribution in [-0.2, 0) is 0 Å². The first-order valence-electron chi connectivity index (χ1n) is 6.74. The van der Waals surface area contributed by atoms with Crippen molar-refractivity contribution in [2.24, 2.45) is 0 Å². The second kappa shape index (κ2) is 5.89. The zero-order valence-electron chi connectivity index (χ0n) is 11.8. The molecule has 1 atom stereocenters. The van der Waals surface area contributed by atoms with Crippen LogP contribution in [0.5, 0.6) is 0 Å². The second-order valence-electron chi connectivity index (χ2n) is 4.82. The van der Waals surface area contributed by atoms with Gasteiger partial charge in [0.1, 0.15) is 0 Å². The maximum absolute atomic E-state index is 9.92. The molecule has 2 aromatic carbocycles. The smallest absolute Gasteiger partial charge is 0.0782 e. The van der Waals surface area contributed by atoms with Gasteiger partial charge in [-0.2, -0.15) is 0 Å². The molecule has 0 fully saturated rings. The van der Waals surface area contributed by atoms with E-state index in [0.717, 1.165) is 23.5 Å². The highest BCUT2D eigenvalue weighted by atomic mass is 16.3. The molecule has 0 aliphatic heterocycles. The van der Waals surface area contributed by atoms with Gasteiger partial charge in [-0.15, -0.1) is 0 Å². The third kappa shape index (κ3) is 2.96. The van der Waals surface area contributed by atoms with Crippen LogP contribution in [0, 0.1) is 6.92 Å². The first-order chi connectivity index (χ1) is 9.13. The Kier molecular flexibility index (Phi) is 4.23. The van der Waals surface area contributed by atoms with Crippen molar-refractivity contribution < 1.29 is 5.11 Å². The average Bonchev–Trinajstić information content (AvgIpc) is 2.40. The Labute approximate surface area is 115 Å². The van der Waals surface area contributed by atoms with E-state index in [4.69, 9.17) is 0 Å². The zero-order valence-corrected chi connectivity index (χ0v) is 11.8. The molecule has 1 N–H and O–H groups in total. The SMILES string of the molecule is CCN(c1cccc(C)c1)c1ccccc1[C@H](C)O. The highest BCUT2D eigenvalue weighted by molar-refractivity contribution is 5.67. The Bertz CT molecular complexity index is 548. The summed E-state index contributed by atoms with van der Waals surface area (Å²) in [5.41, 5.74) is 4.44. The van der Waals surface area contributed by atoms with Gasteiger partial charge in [-0.3, -0.25) is 0 Å². The fourth-order valence-corrected chi connectivity index (χ4v) is 2.37. The summed E-state index contributed by atoms with van der Waals surface area (Å²) in [6.45, 7) is 6.90. The molecule has 0 amide bonds. The van der Waals surface area contributed by atoms with E-state index in [1.54, 1.807) is 0 Å². The molecule has 0 bridgehead atoms. The topological polar surface area (TPSA) is 23.5 Å². The molecular weight excluding hydrogens is 234 g/mol. The van der Waals surface area contributed by atoms with Crippen LogP contribution in [0.15, 0.2) is 48.5 Å². The van der Waals surface area contributed by atoms with Crippen molar-refractivity contribution in [1.29, 1.82) is 0 Å². The van der Waals surface area contributed by atoms with Crippen molar-refractivity contribution >= 4 is 11.4 Å². The monoisotopic (exact) mass is 255 g/mol. The summed E-state index contributed by atoms with van der Waals surface area (Å²) in [6.07, 6.45) is -0.463. The Balaban J connectivity index is 2.48. The van der Waals surface area contributed by atoms with Crippen molar-refractivity contribution in [3.8, 4) is 0 Å². The molecule has 0 aromatic heterocycles. The molecule has 0 aliphatic carbocycles. The summed E-state index contributed by atoms with van der Waals surface area (Å²) in [5.74, 6) is 0. The highest BCUT2D eigenvalue weighted by Gasteiger charge is 2.14. The molecule has 100 valence electrons. The standard InChI is InChI=1S/C17H21NO/c1-4-18(15-9-7-8-13(2)12-15)17-11-6-5-10-16(17)14(3)19/h5-12,14,19H,4H2,1-3H3/t14-/m0/s1. The normalized spacial score (nSPS) is 12.2. The van der Waals surface area contributed by atoms with Crippen molar-refractivity contribution in [2.45, 2.75) is 26.9 Å². The van der Waals surface area contributed by atoms with Gasteiger partial charge in [0.2, 0.25) is 0 Å². The van der Waals surface area contributed by atoms with E-state index in [9.17, 15) is 5.11 Å². The fourth-order valence-electron chi connectivity index (χ4n) is 2.37. The third-order valence-corrected chi connectivity index (χ3v) is 3.31. The molecule has 19 heavy (non-hydrogen) atoms. The van der Waals surface area contributed by atoms with Crippen LogP contribution in [0.2, 0.25) is 0 Å². The molecule has 2 nitrogen and oxygen atoms in total. The summed E-state index contributed by atoms with van der Waals surface area (Å²) < 4.78 is 0. The third-order valence-electron chi connectivity index (χ3n) is 3.31. The van der Waals surface area contributed by atoms with Gasteiger partial charge in [0.25, 0.3) is 0 Å². The minimum absolute atomic E-state index is 0.463. The summed E-state index contributed by atoms with van der Waals surface area (Å²) in [7, 11) is 0. The molecule has 0 saturated heterocycles. The van der Waals surface area contributed by atoms with Crippen LogP contribution < -0.4 is 4.90 Å². The number of aliphatic hydroxyl groups excluding tert-OH is 1. The predicted molar refractivity (Wildman–Crippen MR) is 80.9 cm³/mol. The lowest BCUT2D eigenvalue weighted by molar-refractivity contribution is 0.200. The minimum atomic E-state index is -0.463. The van der Waals surface area contributed by atoms with Crippen molar-refractivity contribution in [3.63, 3.8) is 0 Å². The number of anilines is 2. The predicted octanol–water partition coefficient (Wildman–Crippen LogP) is 4.21.